The molecule has 0 aliphatic heterocycles. The highest BCUT2D eigenvalue weighted by atomic mass is 16.1. The molecule has 0 fully saturated rings. The highest BCUT2D eigenvalue weighted by Gasteiger charge is 2.07. The molecule has 0 aromatic rings. The Balaban J connectivity index is 3.14. The molecule has 0 aliphatic rings. The Bertz CT molecular complexity index is 324. The Kier molecular flexibility index (Phi) is 23.3. The van der Waals surface area contributed by atoms with Gasteiger partial charge in [-0.25, -0.2) is 0 Å². The van der Waals surface area contributed by atoms with Crippen LogP contribution in [0.2, 0.25) is 0 Å². The van der Waals surface area contributed by atoms with E-state index in [0.29, 0.717) is 6.42 Å². The molecule has 1 radical (unpaired) electrons. The van der Waals surface area contributed by atoms with Crippen LogP contribution in [0.1, 0.15) is 155 Å². The van der Waals surface area contributed by atoms with Gasteiger partial charge in [0.15, 0.2) is 0 Å². The summed E-state index contributed by atoms with van der Waals surface area (Å²) in [4.78, 5) is 11.8. The fourth-order valence-electron chi connectivity index (χ4n) is 4.04. The van der Waals surface area contributed by atoms with Gasteiger partial charge in [0, 0.05) is 12.5 Å². The van der Waals surface area contributed by atoms with Gasteiger partial charge in [0.1, 0.15) is 0 Å². The SMILES string of the molecule is [CH2]CC(CC)NC(=O)CCCCCCCCCCCCCCCCCCCCC. The van der Waals surface area contributed by atoms with Gasteiger partial charge in [-0.05, 0) is 19.3 Å². The molecule has 29 heavy (non-hydrogen) atoms. The van der Waals surface area contributed by atoms with E-state index in [1.54, 1.807) is 0 Å². The second-order valence-electron chi connectivity index (χ2n) is 9.08. The predicted octanol–water partition coefficient (Wildman–Crippen LogP) is 8.93. The van der Waals surface area contributed by atoms with E-state index in [4.69, 9.17) is 0 Å². The summed E-state index contributed by atoms with van der Waals surface area (Å²) in [5, 5.41) is 3.07. The fourth-order valence-corrected chi connectivity index (χ4v) is 4.04. The molecular formula is C27H54NO. The zero-order valence-electron chi connectivity index (χ0n) is 20.2. The lowest BCUT2D eigenvalue weighted by Gasteiger charge is -2.14. The van der Waals surface area contributed by atoms with Gasteiger partial charge in [-0.1, -0.05) is 136 Å². The average molecular weight is 409 g/mol. The number of rotatable bonds is 23. The van der Waals surface area contributed by atoms with Gasteiger partial charge in [0.2, 0.25) is 5.91 Å². The van der Waals surface area contributed by atoms with E-state index in [1.807, 2.05) is 0 Å². The van der Waals surface area contributed by atoms with Crippen molar-refractivity contribution < 1.29 is 4.79 Å². The van der Waals surface area contributed by atoms with Gasteiger partial charge in [0.05, 0.1) is 0 Å². The molecule has 2 nitrogen and oxygen atoms in total. The quantitative estimate of drug-likeness (QED) is 0.168. The molecule has 0 saturated carbocycles. The summed E-state index contributed by atoms with van der Waals surface area (Å²) in [7, 11) is 0. The molecule has 2 heteroatoms. The van der Waals surface area contributed by atoms with Gasteiger partial charge in [-0.2, -0.15) is 0 Å². The summed E-state index contributed by atoms with van der Waals surface area (Å²) < 4.78 is 0. The normalized spacial score (nSPS) is 11.3. The lowest BCUT2D eigenvalue weighted by molar-refractivity contribution is -0.121. The van der Waals surface area contributed by atoms with Crippen molar-refractivity contribution in [1.82, 2.24) is 5.32 Å². The summed E-state index contributed by atoms with van der Waals surface area (Å²) in [5.41, 5.74) is 0. The van der Waals surface area contributed by atoms with Crippen molar-refractivity contribution in [3.63, 3.8) is 0 Å². The minimum absolute atomic E-state index is 0.215. The maximum absolute atomic E-state index is 11.8. The number of hydrogen-bond acceptors (Lipinski definition) is 1. The summed E-state index contributed by atoms with van der Waals surface area (Å²) in [5.74, 6) is 0.215. The first-order valence-electron chi connectivity index (χ1n) is 13.3. The van der Waals surface area contributed by atoms with Crippen LogP contribution in [-0.2, 0) is 4.79 Å². The van der Waals surface area contributed by atoms with E-state index in [1.165, 1.54) is 116 Å². The molecule has 1 unspecified atom stereocenters. The maximum atomic E-state index is 11.8. The van der Waals surface area contributed by atoms with Crippen LogP contribution in [0.4, 0.5) is 0 Å². The van der Waals surface area contributed by atoms with E-state index in [0.717, 1.165) is 19.3 Å². The third-order valence-electron chi connectivity index (χ3n) is 6.21. The van der Waals surface area contributed by atoms with Crippen LogP contribution in [0.3, 0.4) is 0 Å². The Morgan fingerprint density at radius 1 is 0.621 bits per heavy atom. The van der Waals surface area contributed by atoms with Gasteiger partial charge < -0.3 is 5.32 Å². The van der Waals surface area contributed by atoms with E-state index < -0.39 is 0 Å². The van der Waals surface area contributed by atoms with Crippen LogP contribution in [0.15, 0.2) is 0 Å². The number of unbranched alkanes of at least 4 members (excludes halogenated alkanes) is 18. The Labute approximate surface area is 184 Å². The third kappa shape index (κ3) is 22.0. The number of amides is 1. The number of hydrogen-bond donors (Lipinski definition) is 1. The molecule has 0 bridgehead atoms. The molecule has 0 saturated heterocycles. The monoisotopic (exact) mass is 408 g/mol. The first kappa shape index (κ1) is 28.5. The second kappa shape index (κ2) is 23.7. The molecular weight excluding hydrogens is 354 g/mol. The zero-order chi connectivity index (χ0) is 21.4. The van der Waals surface area contributed by atoms with Crippen LogP contribution < -0.4 is 5.32 Å². The summed E-state index contributed by atoms with van der Waals surface area (Å²) >= 11 is 0. The lowest BCUT2D eigenvalue weighted by atomic mass is 10.0. The Hall–Kier alpha value is -0.530. The molecule has 0 rings (SSSR count). The first-order valence-corrected chi connectivity index (χ1v) is 13.3. The lowest BCUT2D eigenvalue weighted by Crippen LogP contribution is -2.33. The van der Waals surface area contributed by atoms with Gasteiger partial charge >= 0.3 is 0 Å². The third-order valence-corrected chi connectivity index (χ3v) is 6.21. The van der Waals surface area contributed by atoms with E-state index in [9.17, 15) is 4.79 Å². The molecule has 1 atom stereocenters. The van der Waals surface area contributed by atoms with E-state index >= 15 is 0 Å². The molecule has 0 aromatic carbocycles. The first-order chi connectivity index (χ1) is 14.2. The Morgan fingerprint density at radius 3 is 1.28 bits per heavy atom. The average Bonchev–Trinajstić information content (AvgIpc) is 2.73. The van der Waals surface area contributed by atoms with Crippen molar-refractivity contribution in [2.45, 2.75) is 161 Å². The van der Waals surface area contributed by atoms with Crippen LogP contribution in [-0.4, -0.2) is 11.9 Å². The molecule has 0 aromatic heterocycles. The van der Waals surface area contributed by atoms with Crippen molar-refractivity contribution in [3.8, 4) is 0 Å². The second-order valence-corrected chi connectivity index (χ2v) is 9.08. The van der Waals surface area contributed by atoms with Crippen LogP contribution in [0, 0.1) is 6.92 Å². The van der Waals surface area contributed by atoms with Crippen molar-refractivity contribution in [1.29, 1.82) is 0 Å². The Morgan fingerprint density at radius 2 is 0.966 bits per heavy atom. The molecule has 1 N–H and O–H groups in total. The van der Waals surface area contributed by atoms with Crippen molar-refractivity contribution >= 4 is 5.91 Å². The van der Waals surface area contributed by atoms with Crippen LogP contribution in [0.25, 0.3) is 0 Å². The topological polar surface area (TPSA) is 29.1 Å². The van der Waals surface area contributed by atoms with Gasteiger partial charge in [-0.15, -0.1) is 0 Å². The fraction of sp³-hybridized carbons (Fsp3) is 0.926. The van der Waals surface area contributed by atoms with E-state index in [2.05, 4.69) is 26.1 Å². The number of nitrogens with one attached hydrogen (secondary N) is 1. The van der Waals surface area contributed by atoms with Crippen molar-refractivity contribution in [2.75, 3.05) is 0 Å². The van der Waals surface area contributed by atoms with Crippen molar-refractivity contribution in [3.05, 3.63) is 6.92 Å². The summed E-state index contributed by atoms with van der Waals surface area (Å²) in [6.45, 7) is 8.28. The predicted molar refractivity (Wildman–Crippen MR) is 130 cm³/mol. The highest BCUT2D eigenvalue weighted by Crippen LogP contribution is 2.14. The largest absolute Gasteiger partial charge is 0.353 e. The molecule has 173 valence electrons. The highest BCUT2D eigenvalue weighted by molar-refractivity contribution is 5.76. The smallest absolute Gasteiger partial charge is 0.220 e. The van der Waals surface area contributed by atoms with Gasteiger partial charge in [-0.3, -0.25) is 4.79 Å². The number of carbonyl (C=O) groups excluding carboxylic acids is 1. The van der Waals surface area contributed by atoms with E-state index in [-0.39, 0.29) is 11.9 Å². The molecule has 0 spiro atoms. The standard InChI is InChI=1S/C27H54NO/c1-4-7-8-9-10-11-12-13-14-15-16-17-18-19-20-21-22-23-24-25-27(29)28-26(5-2)6-3/h26H,2,4-25H2,1,3H3,(H,28,29). The minimum atomic E-state index is 0.215. The molecule has 0 heterocycles. The van der Waals surface area contributed by atoms with Crippen LogP contribution in [0.5, 0.6) is 0 Å². The zero-order valence-corrected chi connectivity index (χ0v) is 20.2. The molecule has 0 aliphatic carbocycles. The summed E-state index contributed by atoms with van der Waals surface area (Å²) in [6, 6.07) is 0.267. The summed E-state index contributed by atoms with van der Waals surface area (Å²) in [6.07, 6.45) is 28.9. The van der Waals surface area contributed by atoms with Crippen molar-refractivity contribution in [2.24, 2.45) is 0 Å². The maximum Gasteiger partial charge on any atom is 0.220 e. The van der Waals surface area contributed by atoms with Gasteiger partial charge in [0.25, 0.3) is 0 Å². The molecule has 1 amide bonds. The minimum Gasteiger partial charge on any atom is -0.353 e. The number of carbonyl (C=O) groups is 1. The van der Waals surface area contributed by atoms with Crippen LogP contribution >= 0.6 is 0 Å².